The molecule has 6 nitrogen and oxygen atoms in total. The van der Waals surface area contributed by atoms with Crippen molar-refractivity contribution in [1.82, 2.24) is 15.1 Å². The highest BCUT2D eigenvalue weighted by Crippen LogP contribution is 2.25. The smallest absolute Gasteiger partial charge is 0.257 e. The maximum Gasteiger partial charge on any atom is 0.257 e. The lowest BCUT2D eigenvalue weighted by Crippen LogP contribution is -2.46. The van der Waals surface area contributed by atoms with Gasteiger partial charge < -0.3 is 14.2 Å². The van der Waals surface area contributed by atoms with Gasteiger partial charge in [-0.2, -0.15) is 5.10 Å². The van der Waals surface area contributed by atoms with Gasteiger partial charge in [-0.15, -0.1) is 5.10 Å². The minimum Gasteiger partial charge on any atom is -0.466 e. The summed E-state index contributed by atoms with van der Waals surface area (Å²) in [5.74, 6) is 2.50. The summed E-state index contributed by atoms with van der Waals surface area (Å²) in [5, 5.41) is 8.10. The van der Waals surface area contributed by atoms with Gasteiger partial charge in [0.25, 0.3) is 5.91 Å². The number of hydrogen-bond donors (Lipinski definition) is 0. The van der Waals surface area contributed by atoms with Crippen LogP contribution in [0.15, 0.2) is 22.7 Å². The van der Waals surface area contributed by atoms with Crippen LogP contribution in [0.1, 0.15) is 40.3 Å². The van der Waals surface area contributed by atoms with E-state index in [1.54, 1.807) is 6.20 Å². The number of piperidine rings is 1. The van der Waals surface area contributed by atoms with Crippen molar-refractivity contribution >= 4 is 11.7 Å². The van der Waals surface area contributed by atoms with Crippen molar-refractivity contribution in [2.24, 2.45) is 0 Å². The molecule has 1 aliphatic rings. The quantitative estimate of drug-likeness (QED) is 0.867. The molecule has 0 N–H and O–H groups in total. The van der Waals surface area contributed by atoms with Crippen molar-refractivity contribution in [3.63, 3.8) is 0 Å². The van der Waals surface area contributed by atoms with E-state index in [1.165, 1.54) is 0 Å². The van der Waals surface area contributed by atoms with E-state index < -0.39 is 0 Å². The molecule has 0 spiro atoms. The number of carbonyl (C=O) groups is 1. The number of aryl methyl sites for hydroxylation is 2. The van der Waals surface area contributed by atoms with Gasteiger partial charge in [0.15, 0.2) is 5.82 Å². The van der Waals surface area contributed by atoms with Crippen LogP contribution >= 0.6 is 0 Å². The maximum absolute atomic E-state index is 12.8. The average Bonchev–Trinajstić information content (AvgIpc) is 2.87. The molecule has 2 aromatic rings. The summed E-state index contributed by atoms with van der Waals surface area (Å²) in [4.78, 5) is 16.9. The third kappa shape index (κ3) is 3.00. The number of likely N-dealkylation sites (tertiary alicyclic amines) is 1. The molecule has 1 amide bonds. The fraction of sp³-hybridized carbons (Fsp3) is 0.500. The van der Waals surface area contributed by atoms with Crippen LogP contribution in [-0.4, -0.2) is 47.2 Å². The summed E-state index contributed by atoms with van der Waals surface area (Å²) in [6.07, 6.45) is 3.53. The minimum absolute atomic E-state index is 0.0856. The van der Waals surface area contributed by atoms with Gasteiger partial charge in [0.2, 0.25) is 0 Å². The van der Waals surface area contributed by atoms with Crippen molar-refractivity contribution in [3.8, 4) is 0 Å². The second kappa shape index (κ2) is 6.63. The normalized spacial score (nSPS) is 15.6. The Hall–Kier alpha value is -2.37. The fourth-order valence-corrected chi connectivity index (χ4v) is 3.39. The number of aromatic nitrogens is 2. The molecule has 0 radical (unpaired) electrons. The largest absolute Gasteiger partial charge is 0.466 e. The predicted octanol–water partition coefficient (Wildman–Crippen LogP) is 2.74. The van der Waals surface area contributed by atoms with E-state index in [4.69, 9.17) is 4.42 Å². The molecule has 1 fully saturated rings. The van der Waals surface area contributed by atoms with Crippen LogP contribution in [0.2, 0.25) is 0 Å². The van der Waals surface area contributed by atoms with Crippen LogP contribution in [0.3, 0.4) is 0 Å². The van der Waals surface area contributed by atoms with E-state index in [0.717, 1.165) is 48.6 Å². The summed E-state index contributed by atoms with van der Waals surface area (Å²) in [7, 11) is 2.04. The van der Waals surface area contributed by atoms with Gasteiger partial charge in [0.05, 0.1) is 5.56 Å². The standard InChI is InChI=1S/C18H24N4O2/c1-12-13(2)24-14(3)17(12)18(23)22-10-7-15(8-11-22)21(4)16-6-5-9-19-20-16/h5-6,9,15H,7-8,10-11H2,1-4H3. The topological polar surface area (TPSA) is 62.5 Å². The van der Waals surface area contributed by atoms with Crippen molar-refractivity contribution < 1.29 is 9.21 Å². The fourth-order valence-electron chi connectivity index (χ4n) is 3.39. The Labute approximate surface area is 142 Å². The van der Waals surface area contributed by atoms with E-state index in [0.29, 0.717) is 11.8 Å². The minimum atomic E-state index is 0.0856. The van der Waals surface area contributed by atoms with Crippen molar-refractivity contribution in [3.05, 3.63) is 41.0 Å². The lowest BCUT2D eigenvalue weighted by molar-refractivity contribution is 0.0711. The molecule has 0 saturated carbocycles. The molecule has 24 heavy (non-hydrogen) atoms. The summed E-state index contributed by atoms with van der Waals surface area (Å²) in [5.41, 5.74) is 1.68. The van der Waals surface area contributed by atoms with E-state index in [9.17, 15) is 4.79 Å². The number of amides is 1. The first-order valence-electron chi connectivity index (χ1n) is 8.35. The Kier molecular flexibility index (Phi) is 4.55. The van der Waals surface area contributed by atoms with Crippen molar-refractivity contribution in [2.75, 3.05) is 25.0 Å². The zero-order valence-electron chi connectivity index (χ0n) is 14.7. The van der Waals surface area contributed by atoms with Crippen LogP contribution in [0.4, 0.5) is 5.82 Å². The lowest BCUT2D eigenvalue weighted by Gasteiger charge is -2.37. The highest BCUT2D eigenvalue weighted by molar-refractivity contribution is 5.97. The van der Waals surface area contributed by atoms with Crippen LogP contribution in [0.5, 0.6) is 0 Å². The number of furan rings is 1. The van der Waals surface area contributed by atoms with Gasteiger partial charge in [-0.05, 0) is 45.7 Å². The summed E-state index contributed by atoms with van der Waals surface area (Å²) in [6, 6.07) is 4.23. The molecule has 0 aromatic carbocycles. The molecular formula is C18H24N4O2. The molecule has 0 atom stereocenters. The summed E-state index contributed by atoms with van der Waals surface area (Å²) in [6.45, 7) is 7.21. The number of anilines is 1. The van der Waals surface area contributed by atoms with Gasteiger partial charge in [-0.25, -0.2) is 0 Å². The van der Waals surface area contributed by atoms with Crippen LogP contribution in [0.25, 0.3) is 0 Å². The Morgan fingerprint density at radius 1 is 1.25 bits per heavy atom. The molecule has 0 aliphatic carbocycles. The first-order valence-corrected chi connectivity index (χ1v) is 8.35. The molecule has 1 aliphatic heterocycles. The highest BCUT2D eigenvalue weighted by atomic mass is 16.3. The second-order valence-corrected chi connectivity index (χ2v) is 6.43. The van der Waals surface area contributed by atoms with Gasteiger partial charge in [-0.1, -0.05) is 0 Å². The SMILES string of the molecule is Cc1oc(C)c(C(=O)N2CCC(N(C)c3cccnn3)CC2)c1C. The first kappa shape index (κ1) is 16.5. The molecule has 1 saturated heterocycles. The van der Waals surface area contributed by atoms with Crippen molar-refractivity contribution in [2.45, 2.75) is 39.7 Å². The molecule has 3 rings (SSSR count). The average molecular weight is 328 g/mol. The van der Waals surface area contributed by atoms with Gasteiger partial charge in [-0.3, -0.25) is 4.79 Å². The van der Waals surface area contributed by atoms with Crippen LogP contribution in [-0.2, 0) is 0 Å². The Balaban J connectivity index is 1.66. The predicted molar refractivity (Wildman–Crippen MR) is 92.3 cm³/mol. The van der Waals surface area contributed by atoms with E-state index in [-0.39, 0.29) is 5.91 Å². The second-order valence-electron chi connectivity index (χ2n) is 6.43. The van der Waals surface area contributed by atoms with E-state index in [2.05, 4.69) is 15.1 Å². The number of hydrogen-bond acceptors (Lipinski definition) is 5. The van der Waals surface area contributed by atoms with E-state index in [1.807, 2.05) is 44.9 Å². The molecule has 0 unspecified atom stereocenters. The van der Waals surface area contributed by atoms with Gasteiger partial charge in [0, 0.05) is 37.9 Å². The molecule has 6 heteroatoms. The lowest BCUT2D eigenvalue weighted by atomic mass is 10.0. The monoisotopic (exact) mass is 328 g/mol. The van der Waals surface area contributed by atoms with Gasteiger partial charge >= 0.3 is 0 Å². The molecular weight excluding hydrogens is 304 g/mol. The van der Waals surface area contributed by atoms with Crippen LogP contribution in [0, 0.1) is 20.8 Å². The number of nitrogens with zero attached hydrogens (tertiary/aromatic N) is 4. The maximum atomic E-state index is 12.8. The zero-order valence-corrected chi connectivity index (χ0v) is 14.7. The Morgan fingerprint density at radius 2 is 1.96 bits per heavy atom. The third-order valence-corrected chi connectivity index (χ3v) is 4.99. The first-order chi connectivity index (χ1) is 11.5. The molecule has 128 valence electrons. The molecule has 2 aromatic heterocycles. The third-order valence-electron chi connectivity index (χ3n) is 4.99. The summed E-state index contributed by atoms with van der Waals surface area (Å²) >= 11 is 0. The number of carbonyl (C=O) groups excluding carboxylic acids is 1. The van der Waals surface area contributed by atoms with Crippen molar-refractivity contribution in [1.29, 1.82) is 0 Å². The highest BCUT2D eigenvalue weighted by Gasteiger charge is 2.29. The van der Waals surface area contributed by atoms with Gasteiger partial charge in [0.1, 0.15) is 11.5 Å². The van der Waals surface area contributed by atoms with Crippen LogP contribution < -0.4 is 4.90 Å². The Bertz CT molecular complexity index is 718. The molecule has 0 bridgehead atoms. The Morgan fingerprint density at radius 3 is 2.50 bits per heavy atom. The molecule has 3 heterocycles. The number of rotatable bonds is 3. The van der Waals surface area contributed by atoms with E-state index >= 15 is 0 Å². The summed E-state index contributed by atoms with van der Waals surface area (Å²) < 4.78 is 5.60. The zero-order chi connectivity index (χ0) is 17.3.